The number of hydrogen-bond donors (Lipinski definition) is 0. The summed E-state index contributed by atoms with van der Waals surface area (Å²) in [4.78, 5) is 8.07. The second-order valence-electron chi connectivity index (χ2n) is 2.98. The topological polar surface area (TPSA) is 25.8 Å². The molecule has 2 nitrogen and oxygen atoms in total. The number of pyridine rings is 2. The van der Waals surface area contributed by atoms with Crippen LogP contribution < -0.4 is 0 Å². The summed E-state index contributed by atoms with van der Waals surface area (Å²) in [7, 11) is 0. The van der Waals surface area contributed by atoms with Crippen LogP contribution in [0.2, 0.25) is 0 Å². The van der Waals surface area contributed by atoms with Crippen LogP contribution in [0.3, 0.4) is 0 Å². The minimum absolute atomic E-state index is 0.796. The fourth-order valence-corrected chi connectivity index (χ4v) is 1.91. The van der Waals surface area contributed by atoms with Crippen molar-refractivity contribution in [3.05, 3.63) is 55.0 Å². The Morgan fingerprint density at radius 1 is 1.06 bits per heavy atom. The van der Waals surface area contributed by atoms with E-state index in [0.29, 0.717) is 0 Å². The lowest BCUT2D eigenvalue weighted by Crippen LogP contribution is -1.80. The van der Waals surface area contributed by atoms with E-state index < -0.39 is 0 Å². The van der Waals surface area contributed by atoms with Gasteiger partial charge in [-0.1, -0.05) is 5.92 Å². The predicted octanol–water partition coefficient (Wildman–Crippen LogP) is 4.66. The van der Waals surface area contributed by atoms with Gasteiger partial charge in [0, 0.05) is 16.9 Å². The molecule has 2 aromatic heterocycles. The molecule has 2 heterocycles. The molecule has 0 amide bonds. The van der Waals surface area contributed by atoms with Crippen molar-refractivity contribution in [1.82, 2.24) is 9.97 Å². The average molecular weight is 480 g/mol. The van der Waals surface area contributed by atoms with E-state index in [1.54, 1.807) is 19.3 Å². The molecule has 0 N–H and O–H groups in total. The van der Waals surface area contributed by atoms with Gasteiger partial charge in [-0.15, -0.1) is 0 Å². The Labute approximate surface area is 137 Å². The van der Waals surface area contributed by atoms with Crippen LogP contribution in [-0.4, -0.2) is 9.97 Å². The van der Waals surface area contributed by atoms with E-state index in [1.807, 2.05) is 24.3 Å². The van der Waals surface area contributed by atoms with Gasteiger partial charge in [-0.3, -0.25) is 0 Å². The Morgan fingerprint density at radius 2 is 1.67 bits per heavy atom. The van der Waals surface area contributed by atoms with E-state index in [1.165, 1.54) is 0 Å². The fourth-order valence-electron chi connectivity index (χ4n) is 0.962. The van der Waals surface area contributed by atoms with E-state index >= 15 is 0 Å². The van der Waals surface area contributed by atoms with Gasteiger partial charge in [-0.2, -0.15) is 0 Å². The molecule has 5 heteroatoms. The first-order chi connectivity index (χ1) is 8.65. The maximum absolute atomic E-state index is 4.05. The van der Waals surface area contributed by atoms with Gasteiger partial charge in [0.15, 0.2) is 0 Å². The third-order valence-electron chi connectivity index (χ3n) is 1.72. The standard InChI is InChI=1S/C8H6BrN.C5H3BrIN/c1-2-4-8-7(9)5-3-6-10-8;6-4-2-1-3-8-5(4)7/h3,5-6H,1H3;1-3H. The van der Waals surface area contributed by atoms with E-state index in [0.717, 1.165) is 18.3 Å². The quantitative estimate of drug-likeness (QED) is 0.312. The molecular weight excluding hydrogens is 471 g/mol. The molecule has 0 aliphatic carbocycles. The molecule has 0 fully saturated rings. The fraction of sp³-hybridized carbons (Fsp3) is 0.0769. The van der Waals surface area contributed by atoms with Gasteiger partial charge in [0.1, 0.15) is 9.39 Å². The Hall–Kier alpha value is -0.450. The van der Waals surface area contributed by atoms with Crippen LogP contribution in [0, 0.1) is 15.5 Å². The molecule has 0 aliphatic heterocycles. The second-order valence-corrected chi connectivity index (χ2v) is 5.72. The summed E-state index contributed by atoms with van der Waals surface area (Å²) in [6.07, 6.45) is 3.50. The molecule has 0 unspecified atom stereocenters. The highest BCUT2D eigenvalue weighted by Gasteiger charge is 1.92. The highest BCUT2D eigenvalue weighted by Crippen LogP contribution is 2.14. The highest BCUT2D eigenvalue weighted by atomic mass is 127. The maximum Gasteiger partial charge on any atom is 0.127 e. The van der Waals surface area contributed by atoms with Crippen molar-refractivity contribution in [3.63, 3.8) is 0 Å². The van der Waals surface area contributed by atoms with Gasteiger partial charge in [0.25, 0.3) is 0 Å². The van der Waals surface area contributed by atoms with Crippen LogP contribution in [0.1, 0.15) is 12.6 Å². The summed E-state index contributed by atoms with van der Waals surface area (Å²) in [6.45, 7) is 1.79. The Morgan fingerprint density at radius 3 is 2.11 bits per heavy atom. The lowest BCUT2D eigenvalue weighted by atomic mass is 10.3. The average Bonchev–Trinajstić information content (AvgIpc) is 2.37. The smallest absolute Gasteiger partial charge is 0.127 e. The van der Waals surface area contributed by atoms with Crippen molar-refractivity contribution >= 4 is 54.5 Å². The van der Waals surface area contributed by atoms with Gasteiger partial charge in [0.2, 0.25) is 0 Å². The van der Waals surface area contributed by atoms with Crippen LogP contribution in [0.4, 0.5) is 0 Å². The van der Waals surface area contributed by atoms with Crippen LogP contribution >= 0.6 is 54.5 Å². The number of halogens is 3. The summed E-state index contributed by atoms with van der Waals surface area (Å²) in [6, 6.07) is 7.65. The van der Waals surface area contributed by atoms with Gasteiger partial charge >= 0.3 is 0 Å². The van der Waals surface area contributed by atoms with Crippen molar-refractivity contribution in [2.45, 2.75) is 6.92 Å². The summed E-state index contributed by atoms with van der Waals surface area (Å²) >= 11 is 8.82. The van der Waals surface area contributed by atoms with Crippen molar-refractivity contribution in [2.75, 3.05) is 0 Å². The van der Waals surface area contributed by atoms with Crippen LogP contribution in [0.5, 0.6) is 0 Å². The normalized spacial score (nSPS) is 8.67. The van der Waals surface area contributed by atoms with Crippen LogP contribution in [0.25, 0.3) is 0 Å². The van der Waals surface area contributed by atoms with Crippen molar-refractivity contribution in [3.8, 4) is 11.8 Å². The van der Waals surface area contributed by atoms with Crippen molar-refractivity contribution in [1.29, 1.82) is 0 Å². The van der Waals surface area contributed by atoms with Gasteiger partial charge in [-0.05, 0) is 91.6 Å². The predicted molar refractivity (Wildman–Crippen MR) is 89.1 cm³/mol. The zero-order valence-corrected chi connectivity index (χ0v) is 14.8. The Bertz CT molecular complexity index is 555. The molecule has 0 spiro atoms. The third-order valence-corrected chi connectivity index (χ3v) is 4.60. The summed E-state index contributed by atoms with van der Waals surface area (Å²) in [5.41, 5.74) is 0.796. The Balaban J connectivity index is 0.000000184. The summed E-state index contributed by atoms with van der Waals surface area (Å²) in [5.74, 6) is 5.65. The molecule has 0 aromatic carbocycles. The number of nitrogens with zero attached hydrogens (tertiary/aromatic N) is 2. The number of aromatic nitrogens is 2. The first kappa shape index (κ1) is 15.6. The molecule has 2 rings (SSSR count). The van der Waals surface area contributed by atoms with E-state index in [4.69, 9.17) is 0 Å². The van der Waals surface area contributed by atoms with Gasteiger partial charge in [-0.25, -0.2) is 9.97 Å². The molecule has 2 aromatic rings. The monoisotopic (exact) mass is 478 g/mol. The maximum atomic E-state index is 4.05. The lowest BCUT2D eigenvalue weighted by Gasteiger charge is -1.90. The Kier molecular flexibility index (Phi) is 7.47. The molecule has 0 bridgehead atoms. The van der Waals surface area contributed by atoms with E-state index in [-0.39, 0.29) is 0 Å². The molecule has 0 atom stereocenters. The van der Waals surface area contributed by atoms with E-state index in [2.05, 4.69) is 76.3 Å². The van der Waals surface area contributed by atoms with Gasteiger partial charge < -0.3 is 0 Å². The minimum atomic E-state index is 0.796. The minimum Gasteiger partial charge on any atom is -0.249 e. The molecule has 0 saturated carbocycles. The molecule has 92 valence electrons. The zero-order chi connectivity index (χ0) is 13.4. The largest absolute Gasteiger partial charge is 0.249 e. The molecule has 0 aliphatic rings. The molecule has 0 saturated heterocycles. The lowest BCUT2D eigenvalue weighted by molar-refractivity contribution is 1.25. The zero-order valence-electron chi connectivity index (χ0n) is 9.49. The third kappa shape index (κ3) is 5.46. The van der Waals surface area contributed by atoms with Crippen molar-refractivity contribution < 1.29 is 0 Å². The first-order valence-corrected chi connectivity index (χ1v) is 7.61. The van der Waals surface area contributed by atoms with Crippen molar-refractivity contribution in [2.24, 2.45) is 0 Å². The first-order valence-electron chi connectivity index (χ1n) is 4.94. The van der Waals surface area contributed by atoms with E-state index in [9.17, 15) is 0 Å². The summed E-state index contributed by atoms with van der Waals surface area (Å²) in [5, 5.41) is 0. The molecule has 0 radical (unpaired) electrons. The molecular formula is C13H9Br2IN2. The summed E-state index contributed by atoms with van der Waals surface area (Å²) < 4.78 is 3.01. The highest BCUT2D eigenvalue weighted by molar-refractivity contribution is 14.1. The second kappa shape index (κ2) is 8.62. The SMILES string of the molecule is Brc1cccnc1I.CC#Cc1ncccc1Br. The van der Waals surface area contributed by atoms with Crippen LogP contribution in [-0.2, 0) is 0 Å². The number of hydrogen-bond acceptors (Lipinski definition) is 2. The van der Waals surface area contributed by atoms with Gasteiger partial charge in [0.05, 0.1) is 4.47 Å². The number of rotatable bonds is 0. The molecule has 18 heavy (non-hydrogen) atoms. The van der Waals surface area contributed by atoms with Crippen LogP contribution in [0.15, 0.2) is 45.6 Å².